The second-order valence-corrected chi connectivity index (χ2v) is 6.24. The molecule has 0 amide bonds. The van der Waals surface area contributed by atoms with Crippen LogP contribution >= 0.6 is 11.3 Å². The zero-order chi connectivity index (χ0) is 19.2. The molecule has 0 fully saturated rings. The number of nitrogens with two attached hydrogens (primary N) is 2. The lowest BCUT2D eigenvalue weighted by Crippen LogP contribution is -2.25. The summed E-state index contributed by atoms with van der Waals surface area (Å²) in [6.45, 7) is -0.619. The molecule has 0 unspecified atom stereocenters. The van der Waals surface area contributed by atoms with E-state index in [0.29, 0.717) is 17.6 Å². The fraction of sp³-hybridized carbons (Fsp3) is 0.538. The van der Waals surface area contributed by atoms with Crippen molar-refractivity contribution in [3.05, 3.63) is 11.1 Å². The summed E-state index contributed by atoms with van der Waals surface area (Å²) in [6, 6.07) is 0. The fourth-order valence-electron chi connectivity index (χ4n) is 1.99. The van der Waals surface area contributed by atoms with E-state index in [9.17, 15) is 13.2 Å². The van der Waals surface area contributed by atoms with Gasteiger partial charge in [0.25, 0.3) is 0 Å². The number of aromatic nitrogens is 4. The molecule has 26 heavy (non-hydrogen) atoms. The van der Waals surface area contributed by atoms with E-state index in [0.717, 1.165) is 25.0 Å². The first-order chi connectivity index (χ1) is 12.2. The molecule has 0 aliphatic rings. The van der Waals surface area contributed by atoms with Gasteiger partial charge in [0.05, 0.1) is 5.69 Å². The van der Waals surface area contributed by atoms with Gasteiger partial charge in [-0.15, -0.1) is 16.4 Å². The predicted molar refractivity (Wildman–Crippen MR) is 95.1 cm³/mol. The number of unbranched alkanes of at least 4 members (excludes halogenated alkanes) is 1. The van der Waals surface area contributed by atoms with Crippen molar-refractivity contribution >= 4 is 34.3 Å². The van der Waals surface area contributed by atoms with Crippen molar-refractivity contribution in [3.63, 3.8) is 0 Å². The number of aryl methyl sites for hydroxylation is 2. The zero-order valence-electron chi connectivity index (χ0n) is 14.0. The van der Waals surface area contributed by atoms with Crippen LogP contribution in [0.25, 0.3) is 0 Å². The van der Waals surface area contributed by atoms with Gasteiger partial charge in [-0.1, -0.05) is 0 Å². The molecule has 2 heterocycles. The molecule has 0 spiro atoms. The van der Waals surface area contributed by atoms with Crippen LogP contribution in [0, 0.1) is 0 Å². The number of nitrogens with zero attached hydrogens (tertiary/aromatic N) is 5. The van der Waals surface area contributed by atoms with Crippen LogP contribution in [-0.2, 0) is 13.5 Å². The molecule has 0 saturated carbocycles. The lowest BCUT2D eigenvalue weighted by Gasteiger charge is -2.04. The Morgan fingerprint density at radius 1 is 1.35 bits per heavy atom. The Hall–Kier alpha value is -2.57. The smallest absolute Gasteiger partial charge is 0.370 e. The Morgan fingerprint density at radius 2 is 2.12 bits per heavy atom. The minimum absolute atomic E-state index is 0.218. The second-order valence-electron chi connectivity index (χ2n) is 5.39. The van der Waals surface area contributed by atoms with Gasteiger partial charge in [-0.3, -0.25) is 0 Å². The van der Waals surface area contributed by atoms with Crippen LogP contribution in [0.4, 0.5) is 30.2 Å². The minimum Gasteiger partial charge on any atom is -0.370 e. The fourth-order valence-corrected chi connectivity index (χ4v) is 2.74. The van der Waals surface area contributed by atoms with E-state index < -0.39 is 12.7 Å². The van der Waals surface area contributed by atoms with Gasteiger partial charge in [0.15, 0.2) is 11.1 Å². The minimum atomic E-state index is -4.38. The number of anilines is 3. The maximum Gasteiger partial charge on any atom is 0.408 e. The standard InChI is InChI=1S/C13H20F3N9S/c1-25-11(22-10(18)24-25)19-5-3-2-4-8-6-26-12(21-8)23-9(17)20-7-13(14,15)16/h6H,2-5,7H2,1H3,(H3,17,20,21,23)(H3,18,19,22,24). The maximum atomic E-state index is 12.1. The van der Waals surface area contributed by atoms with Gasteiger partial charge in [0.2, 0.25) is 11.9 Å². The van der Waals surface area contributed by atoms with E-state index >= 15 is 0 Å². The summed E-state index contributed by atoms with van der Waals surface area (Å²) in [4.78, 5) is 11.5. The highest BCUT2D eigenvalue weighted by Gasteiger charge is 2.26. The summed E-state index contributed by atoms with van der Waals surface area (Å²) in [5, 5.41) is 11.9. The van der Waals surface area contributed by atoms with Gasteiger partial charge in [0.1, 0.15) is 6.54 Å². The summed E-state index contributed by atoms with van der Waals surface area (Å²) in [5.41, 5.74) is 11.7. The molecule has 9 nitrogen and oxygen atoms in total. The second kappa shape index (κ2) is 8.69. The van der Waals surface area contributed by atoms with E-state index in [1.807, 2.05) is 5.38 Å². The van der Waals surface area contributed by atoms with Crippen LogP contribution in [0.2, 0.25) is 0 Å². The van der Waals surface area contributed by atoms with Crippen molar-refractivity contribution < 1.29 is 13.2 Å². The normalized spacial score (nSPS) is 12.4. The van der Waals surface area contributed by atoms with Crippen LogP contribution in [-0.4, -0.2) is 45.0 Å². The molecule has 0 radical (unpaired) electrons. The molecule has 2 aromatic rings. The quantitative estimate of drug-likeness (QED) is 0.305. The van der Waals surface area contributed by atoms with E-state index in [2.05, 4.69) is 30.7 Å². The number of guanidine groups is 1. The Morgan fingerprint density at radius 3 is 2.77 bits per heavy atom. The predicted octanol–water partition coefficient (Wildman–Crippen LogP) is 1.58. The van der Waals surface area contributed by atoms with E-state index in [1.54, 1.807) is 11.7 Å². The number of halogens is 3. The Kier molecular flexibility index (Phi) is 6.60. The molecule has 2 aromatic heterocycles. The SMILES string of the molecule is Cn1nc(N)nc1NCCCCc1csc(N/C(N)=N\CC(F)(F)F)n1. The van der Waals surface area contributed by atoms with Crippen molar-refractivity contribution in [2.75, 3.05) is 29.5 Å². The molecule has 0 aromatic carbocycles. The van der Waals surface area contributed by atoms with Gasteiger partial charge in [-0.05, 0) is 19.3 Å². The van der Waals surface area contributed by atoms with Gasteiger partial charge < -0.3 is 22.1 Å². The summed E-state index contributed by atoms with van der Waals surface area (Å²) in [5.74, 6) is 0.516. The molecule has 144 valence electrons. The van der Waals surface area contributed by atoms with Crippen molar-refractivity contribution in [1.82, 2.24) is 19.7 Å². The Balaban J connectivity index is 1.69. The van der Waals surface area contributed by atoms with Crippen LogP contribution in [0.5, 0.6) is 0 Å². The van der Waals surface area contributed by atoms with E-state index in [-0.39, 0.29) is 11.9 Å². The third-order valence-corrected chi connectivity index (χ3v) is 3.94. The Labute approximate surface area is 151 Å². The molecule has 0 atom stereocenters. The molecular formula is C13H20F3N9S. The molecule has 0 aliphatic carbocycles. The average molecular weight is 391 g/mol. The first-order valence-electron chi connectivity index (χ1n) is 7.71. The van der Waals surface area contributed by atoms with Crippen molar-refractivity contribution in [2.24, 2.45) is 17.8 Å². The van der Waals surface area contributed by atoms with Gasteiger partial charge in [-0.25, -0.2) is 14.7 Å². The highest BCUT2D eigenvalue weighted by molar-refractivity contribution is 7.13. The number of rotatable bonds is 8. The summed E-state index contributed by atoms with van der Waals surface area (Å²) >= 11 is 1.26. The average Bonchev–Trinajstić information content (AvgIpc) is 3.10. The van der Waals surface area contributed by atoms with Gasteiger partial charge >= 0.3 is 6.18 Å². The monoisotopic (exact) mass is 391 g/mol. The lowest BCUT2D eigenvalue weighted by molar-refractivity contribution is -0.118. The number of nitrogen functional groups attached to an aromatic ring is 1. The van der Waals surface area contributed by atoms with E-state index in [4.69, 9.17) is 11.5 Å². The molecule has 0 saturated heterocycles. The third kappa shape index (κ3) is 6.74. The van der Waals surface area contributed by atoms with Crippen molar-refractivity contribution in [1.29, 1.82) is 0 Å². The first kappa shape index (κ1) is 19.8. The highest BCUT2D eigenvalue weighted by atomic mass is 32.1. The number of thiazole rings is 1. The zero-order valence-corrected chi connectivity index (χ0v) is 14.9. The molecule has 13 heteroatoms. The molecule has 0 bridgehead atoms. The largest absolute Gasteiger partial charge is 0.408 e. The van der Waals surface area contributed by atoms with Gasteiger partial charge in [0, 0.05) is 19.0 Å². The number of alkyl halides is 3. The topological polar surface area (TPSA) is 132 Å². The third-order valence-electron chi connectivity index (χ3n) is 3.14. The number of aliphatic imine (C=N–C) groups is 1. The number of nitrogens with one attached hydrogen (secondary N) is 2. The molecular weight excluding hydrogens is 371 g/mol. The van der Waals surface area contributed by atoms with Crippen molar-refractivity contribution in [3.8, 4) is 0 Å². The summed E-state index contributed by atoms with van der Waals surface area (Å²) < 4.78 is 37.8. The first-order valence-corrected chi connectivity index (χ1v) is 8.59. The molecule has 6 N–H and O–H groups in total. The van der Waals surface area contributed by atoms with Crippen molar-refractivity contribution in [2.45, 2.75) is 25.4 Å². The van der Waals surface area contributed by atoms with Gasteiger partial charge in [-0.2, -0.15) is 18.2 Å². The number of hydrogen-bond acceptors (Lipinski definition) is 7. The van der Waals surface area contributed by atoms with Crippen LogP contribution in [0.15, 0.2) is 10.4 Å². The number of hydrogen-bond donors (Lipinski definition) is 4. The maximum absolute atomic E-state index is 12.1. The summed E-state index contributed by atoms with van der Waals surface area (Å²) in [6.07, 6.45) is -1.89. The molecule has 0 aliphatic heterocycles. The van der Waals surface area contributed by atoms with Crippen LogP contribution in [0.3, 0.4) is 0 Å². The Bertz CT molecular complexity index is 738. The van der Waals surface area contributed by atoms with E-state index in [1.165, 1.54) is 11.3 Å². The highest BCUT2D eigenvalue weighted by Crippen LogP contribution is 2.18. The molecule has 2 rings (SSSR count). The van der Waals surface area contributed by atoms with Crippen LogP contribution < -0.4 is 22.1 Å². The summed E-state index contributed by atoms with van der Waals surface area (Å²) in [7, 11) is 1.75. The van der Waals surface area contributed by atoms with Crippen LogP contribution in [0.1, 0.15) is 18.5 Å². The lowest BCUT2D eigenvalue weighted by atomic mass is 10.2.